The van der Waals surface area contributed by atoms with E-state index in [1.54, 1.807) is 0 Å². The average molecular weight is 315 g/mol. The SMILES string of the molecule is CC1(C)CN(C2CCOC3(CCSCC3)C2)CC(CO)O1. The molecule has 3 aliphatic heterocycles. The maximum atomic E-state index is 9.50. The molecule has 4 nitrogen and oxygen atoms in total. The van der Waals surface area contributed by atoms with Crippen LogP contribution in [0, 0.1) is 0 Å². The number of nitrogens with zero attached hydrogens (tertiary/aromatic N) is 1. The van der Waals surface area contributed by atoms with Gasteiger partial charge in [0.15, 0.2) is 0 Å². The summed E-state index contributed by atoms with van der Waals surface area (Å²) in [5.74, 6) is 2.47. The zero-order chi connectivity index (χ0) is 14.9. The molecule has 21 heavy (non-hydrogen) atoms. The molecule has 0 aromatic heterocycles. The van der Waals surface area contributed by atoms with Gasteiger partial charge < -0.3 is 14.6 Å². The summed E-state index contributed by atoms with van der Waals surface area (Å²) in [5, 5.41) is 9.50. The van der Waals surface area contributed by atoms with Crippen LogP contribution in [-0.2, 0) is 9.47 Å². The van der Waals surface area contributed by atoms with Crippen molar-refractivity contribution in [1.29, 1.82) is 0 Å². The molecule has 0 aromatic carbocycles. The summed E-state index contributed by atoms with van der Waals surface area (Å²) in [6.45, 7) is 7.08. The Bertz CT molecular complexity index is 352. The quantitative estimate of drug-likeness (QED) is 0.843. The van der Waals surface area contributed by atoms with Gasteiger partial charge in [-0.05, 0) is 51.0 Å². The van der Waals surface area contributed by atoms with E-state index >= 15 is 0 Å². The van der Waals surface area contributed by atoms with Crippen molar-refractivity contribution >= 4 is 11.8 Å². The van der Waals surface area contributed by atoms with Crippen molar-refractivity contribution < 1.29 is 14.6 Å². The molecule has 0 radical (unpaired) electrons. The number of morpholine rings is 1. The molecule has 0 bridgehead atoms. The molecule has 3 heterocycles. The van der Waals surface area contributed by atoms with E-state index in [0.717, 1.165) is 32.5 Å². The molecule has 1 N–H and O–H groups in total. The lowest BCUT2D eigenvalue weighted by atomic mass is 9.84. The van der Waals surface area contributed by atoms with Crippen LogP contribution in [0.25, 0.3) is 0 Å². The summed E-state index contributed by atoms with van der Waals surface area (Å²) < 4.78 is 12.2. The second kappa shape index (κ2) is 6.36. The zero-order valence-electron chi connectivity index (χ0n) is 13.3. The fourth-order valence-electron chi connectivity index (χ4n) is 4.12. The van der Waals surface area contributed by atoms with Crippen LogP contribution >= 0.6 is 11.8 Å². The van der Waals surface area contributed by atoms with Crippen molar-refractivity contribution in [3.8, 4) is 0 Å². The maximum absolute atomic E-state index is 9.50. The lowest BCUT2D eigenvalue weighted by Gasteiger charge is -2.50. The van der Waals surface area contributed by atoms with Crippen LogP contribution in [0.1, 0.15) is 39.5 Å². The Morgan fingerprint density at radius 1 is 1.29 bits per heavy atom. The Balaban J connectivity index is 1.67. The number of hydrogen-bond acceptors (Lipinski definition) is 5. The first-order valence-corrected chi connectivity index (χ1v) is 9.42. The monoisotopic (exact) mass is 315 g/mol. The lowest BCUT2D eigenvalue weighted by Crippen LogP contribution is -2.59. The first-order valence-electron chi connectivity index (χ1n) is 8.26. The van der Waals surface area contributed by atoms with Crippen molar-refractivity contribution in [3.63, 3.8) is 0 Å². The van der Waals surface area contributed by atoms with Gasteiger partial charge in [0.1, 0.15) is 0 Å². The molecular formula is C16H29NO3S. The van der Waals surface area contributed by atoms with Gasteiger partial charge in [-0.3, -0.25) is 4.90 Å². The highest BCUT2D eigenvalue weighted by molar-refractivity contribution is 7.99. The standard InChI is InChI=1S/C16H29NO3S/c1-15(2)12-17(10-14(11-18)20-15)13-3-6-19-16(9-13)4-7-21-8-5-16/h13-14,18H,3-12H2,1-2H3. The molecule has 5 heteroatoms. The fourth-order valence-corrected chi connectivity index (χ4v) is 5.36. The van der Waals surface area contributed by atoms with Gasteiger partial charge in [-0.15, -0.1) is 0 Å². The molecule has 3 saturated heterocycles. The van der Waals surface area contributed by atoms with Gasteiger partial charge in [-0.1, -0.05) is 0 Å². The zero-order valence-corrected chi connectivity index (χ0v) is 14.2. The highest BCUT2D eigenvalue weighted by Gasteiger charge is 2.43. The summed E-state index contributed by atoms with van der Waals surface area (Å²) in [4.78, 5) is 2.55. The van der Waals surface area contributed by atoms with E-state index in [2.05, 4.69) is 30.5 Å². The molecule has 0 saturated carbocycles. The van der Waals surface area contributed by atoms with E-state index in [-0.39, 0.29) is 23.9 Å². The minimum absolute atomic E-state index is 0.0468. The first-order chi connectivity index (χ1) is 10.0. The van der Waals surface area contributed by atoms with E-state index in [9.17, 15) is 5.11 Å². The van der Waals surface area contributed by atoms with Gasteiger partial charge in [0.2, 0.25) is 0 Å². The fraction of sp³-hybridized carbons (Fsp3) is 1.00. The normalized spacial score (nSPS) is 36.7. The topological polar surface area (TPSA) is 41.9 Å². The molecule has 0 aromatic rings. The number of thioether (sulfide) groups is 1. The van der Waals surface area contributed by atoms with Crippen LogP contribution in [-0.4, -0.2) is 71.2 Å². The summed E-state index contributed by atoms with van der Waals surface area (Å²) in [5.41, 5.74) is -0.0368. The van der Waals surface area contributed by atoms with Gasteiger partial charge in [0.05, 0.1) is 23.9 Å². The predicted molar refractivity (Wildman–Crippen MR) is 85.9 cm³/mol. The molecule has 0 amide bonds. The van der Waals surface area contributed by atoms with Crippen molar-refractivity contribution in [1.82, 2.24) is 4.90 Å². The molecule has 1 spiro atoms. The van der Waals surface area contributed by atoms with Crippen LogP contribution in [0.3, 0.4) is 0 Å². The van der Waals surface area contributed by atoms with E-state index < -0.39 is 0 Å². The molecule has 3 rings (SSSR count). The van der Waals surface area contributed by atoms with Gasteiger partial charge in [-0.2, -0.15) is 11.8 Å². The highest BCUT2D eigenvalue weighted by Crippen LogP contribution is 2.39. The van der Waals surface area contributed by atoms with Crippen LogP contribution in [0.15, 0.2) is 0 Å². The molecule has 3 fully saturated rings. The number of hydrogen-bond donors (Lipinski definition) is 1. The van der Waals surface area contributed by atoms with Crippen LogP contribution in [0.5, 0.6) is 0 Å². The predicted octanol–water partition coefficient (Wildman–Crippen LogP) is 1.90. The van der Waals surface area contributed by atoms with Crippen molar-refractivity contribution in [3.05, 3.63) is 0 Å². The molecule has 122 valence electrons. The lowest BCUT2D eigenvalue weighted by molar-refractivity contribution is -0.176. The summed E-state index contributed by atoms with van der Waals surface area (Å²) in [6, 6.07) is 0.582. The Kier molecular flexibility index (Phi) is 4.86. The Hall–Kier alpha value is 0.190. The Morgan fingerprint density at radius 2 is 2.05 bits per heavy atom. The minimum atomic E-state index is -0.167. The average Bonchev–Trinajstić information content (AvgIpc) is 2.46. The summed E-state index contributed by atoms with van der Waals surface area (Å²) in [7, 11) is 0. The second-order valence-corrected chi connectivity index (χ2v) is 8.63. The molecule has 2 atom stereocenters. The van der Waals surface area contributed by atoms with E-state index in [4.69, 9.17) is 9.47 Å². The number of rotatable bonds is 2. The number of aliphatic hydroxyl groups excluding tert-OH is 1. The van der Waals surface area contributed by atoms with Gasteiger partial charge in [0, 0.05) is 25.7 Å². The van der Waals surface area contributed by atoms with E-state index in [1.165, 1.54) is 24.3 Å². The first kappa shape index (κ1) is 16.1. The van der Waals surface area contributed by atoms with Crippen molar-refractivity contribution in [2.24, 2.45) is 0 Å². The third-order valence-corrected chi connectivity index (χ3v) is 6.08. The summed E-state index contributed by atoms with van der Waals surface area (Å²) >= 11 is 2.06. The number of aliphatic hydroxyl groups is 1. The molecular weight excluding hydrogens is 286 g/mol. The van der Waals surface area contributed by atoms with Crippen LogP contribution in [0.4, 0.5) is 0 Å². The van der Waals surface area contributed by atoms with Crippen LogP contribution in [0.2, 0.25) is 0 Å². The number of ether oxygens (including phenoxy) is 2. The van der Waals surface area contributed by atoms with E-state index in [1.807, 2.05) is 0 Å². The van der Waals surface area contributed by atoms with Gasteiger partial charge in [-0.25, -0.2) is 0 Å². The third-order valence-electron chi connectivity index (χ3n) is 5.10. The van der Waals surface area contributed by atoms with Crippen molar-refractivity contribution in [2.45, 2.75) is 62.9 Å². The molecule has 3 aliphatic rings. The highest BCUT2D eigenvalue weighted by atomic mass is 32.2. The second-order valence-electron chi connectivity index (χ2n) is 7.40. The van der Waals surface area contributed by atoms with Crippen LogP contribution < -0.4 is 0 Å². The smallest absolute Gasteiger partial charge is 0.0940 e. The van der Waals surface area contributed by atoms with Crippen molar-refractivity contribution in [2.75, 3.05) is 37.8 Å². The maximum Gasteiger partial charge on any atom is 0.0940 e. The minimum Gasteiger partial charge on any atom is -0.394 e. The Labute approximate surface area is 132 Å². The van der Waals surface area contributed by atoms with E-state index in [0.29, 0.717) is 6.04 Å². The van der Waals surface area contributed by atoms with Gasteiger partial charge >= 0.3 is 0 Å². The Morgan fingerprint density at radius 3 is 2.76 bits per heavy atom. The molecule has 0 aliphatic carbocycles. The summed E-state index contributed by atoms with van der Waals surface area (Å²) in [6.07, 6.45) is 4.62. The van der Waals surface area contributed by atoms with Gasteiger partial charge in [0.25, 0.3) is 0 Å². The third kappa shape index (κ3) is 3.75. The largest absolute Gasteiger partial charge is 0.394 e. The molecule has 2 unspecified atom stereocenters.